The number of ether oxygens (including phenoxy) is 1. The van der Waals surface area contributed by atoms with Gasteiger partial charge in [-0.05, 0) is 51.3 Å². The number of carbonyl (C=O) groups excluding carboxylic acids is 1. The lowest BCUT2D eigenvalue weighted by Crippen LogP contribution is -2.50. The van der Waals surface area contributed by atoms with Crippen molar-refractivity contribution in [2.45, 2.75) is 52.2 Å². The van der Waals surface area contributed by atoms with Gasteiger partial charge in [-0.2, -0.15) is 0 Å². The van der Waals surface area contributed by atoms with Crippen LogP contribution in [0.1, 0.15) is 38.3 Å². The van der Waals surface area contributed by atoms with Crippen LogP contribution in [0.15, 0.2) is 54.6 Å². The van der Waals surface area contributed by atoms with Gasteiger partial charge >= 0.3 is 0 Å². The van der Waals surface area contributed by atoms with Crippen LogP contribution in [0.3, 0.4) is 0 Å². The Morgan fingerprint density at radius 2 is 1.71 bits per heavy atom. The summed E-state index contributed by atoms with van der Waals surface area (Å²) in [7, 11) is 0. The first-order valence-electron chi connectivity index (χ1n) is 8.49. The molecule has 0 heterocycles. The third-order valence-electron chi connectivity index (χ3n) is 3.91. The maximum absolute atomic E-state index is 12.6. The average molecular weight is 325 g/mol. The standard InChI is InChI=1S/C21H27NO2/c1-5-19(24-18-13-11-16(2)12-14-18)20(23)22-21(3,4)15-17-9-7-6-8-10-17/h6-14,19H,5,15H2,1-4H3,(H,22,23)/t19-/m0/s1. The molecule has 2 aromatic carbocycles. The molecule has 0 radical (unpaired) electrons. The van der Waals surface area contributed by atoms with E-state index in [-0.39, 0.29) is 11.4 Å². The van der Waals surface area contributed by atoms with Crippen molar-refractivity contribution in [3.05, 3.63) is 65.7 Å². The highest BCUT2D eigenvalue weighted by atomic mass is 16.5. The van der Waals surface area contributed by atoms with Gasteiger partial charge in [-0.15, -0.1) is 0 Å². The third kappa shape index (κ3) is 5.41. The van der Waals surface area contributed by atoms with E-state index in [4.69, 9.17) is 4.74 Å². The van der Waals surface area contributed by atoms with Gasteiger partial charge in [0.15, 0.2) is 6.10 Å². The van der Waals surface area contributed by atoms with Crippen LogP contribution < -0.4 is 10.1 Å². The molecule has 128 valence electrons. The zero-order chi connectivity index (χ0) is 17.6. The van der Waals surface area contributed by atoms with Gasteiger partial charge in [0.25, 0.3) is 5.91 Å². The van der Waals surface area contributed by atoms with E-state index >= 15 is 0 Å². The van der Waals surface area contributed by atoms with Crippen LogP contribution in [-0.2, 0) is 11.2 Å². The summed E-state index contributed by atoms with van der Waals surface area (Å²) < 4.78 is 5.86. The minimum atomic E-state index is -0.484. The molecule has 3 heteroatoms. The van der Waals surface area contributed by atoms with Crippen molar-refractivity contribution >= 4 is 5.91 Å². The Bertz CT molecular complexity index is 647. The van der Waals surface area contributed by atoms with E-state index in [1.54, 1.807) is 0 Å². The van der Waals surface area contributed by atoms with Crippen molar-refractivity contribution in [1.29, 1.82) is 0 Å². The predicted octanol–water partition coefficient (Wildman–Crippen LogP) is 4.29. The number of amides is 1. The molecule has 0 unspecified atom stereocenters. The maximum atomic E-state index is 12.6. The number of carbonyl (C=O) groups is 1. The summed E-state index contributed by atoms with van der Waals surface area (Å²) in [5, 5.41) is 3.12. The summed E-state index contributed by atoms with van der Waals surface area (Å²) in [6.07, 6.45) is 0.921. The molecule has 1 N–H and O–H groups in total. The van der Waals surface area contributed by atoms with Crippen LogP contribution in [0.5, 0.6) is 5.75 Å². The van der Waals surface area contributed by atoms with Crippen LogP contribution in [0, 0.1) is 6.92 Å². The quantitative estimate of drug-likeness (QED) is 0.824. The summed E-state index contributed by atoms with van der Waals surface area (Å²) >= 11 is 0. The summed E-state index contributed by atoms with van der Waals surface area (Å²) in [6.45, 7) is 8.07. The van der Waals surface area contributed by atoms with Gasteiger partial charge in [-0.25, -0.2) is 0 Å². The Morgan fingerprint density at radius 3 is 2.29 bits per heavy atom. The first kappa shape index (κ1) is 18.1. The zero-order valence-corrected chi connectivity index (χ0v) is 15.0. The van der Waals surface area contributed by atoms with E-state index < -0.39 is 6.10 Å². The topological polar surface area (TPSA) is 38.3 Å². The molecule has 0 bridgehead atoms. The minimum absolute atomic E-state index is 0.0704. The number of rotatable bonds is 7. The van der Waals surface area contributed by atoms with Crippen molar-refractivity contribution in [3.8, 4) is 5.75 Å². The van der Waals surface area contributed by atoms with Crippen molar-refractivity contribution < 1.29 is 9.53 Å². The highest BCUT2D eigenvalue weighted by molar-refractivity contribution is 5.81. The lowest BCUT2D eigenvalue weighted by atomic mass is 9.94. The van der Waals surface area contributed by atoms with Crippen LogP contribution in [0.25, 0.3) is 0 Å². The van der Waals surface area contributed by atoms with Crippen molar-refractivity contribution in [3.63, 3.8) is 0 Å². The fourth-order valence-electron chi connectivity index (χ4n) is 2.67. The molecule has 0 aromatic heterocycles. The maximum Gasteiger partial charge on any atom is 0.261 e. The van der Waals surface area contributed by atoms with E-state index in [1.807, 2.05) is 70.2 Å². The molecule has 1 atom stereocenters. The summed E-state index contributed by atoms with van der Waals surface area (Å²) in [4.78, 5) is 12.6. The van der Waals surface area contributed by atoms with E-state index in [0.29, 0.717) is 6.42 Å². The predicted molar refractivity (Wildman–Crippen MR) is 98.3 cm³/mol. The number of aryl methyl sites for hydroxylation is 1. The first-order valence-corrected chi connectivity index (χ1v) is 8.49. The molecule has 2 aromatic rings. The van der Waals surface area contributed by atoms with E-state index in [1.165, 1.54) is 11.1 Å². The second-order valence-corrected chi connectivity index (χ2v) is 6.86. The van der Waals surface area contributed by atoms with Crippen LogP contribution >= 0.6 is 0 Å². The second kappa shape index (κ2) is 8.00. The summed E-state index contributed by atoms with van der Waals surface area (Å²) in [5.74, 6) is 0.655. The Balaban J connectivity index is 1.98. The fourth-order valence-corrected chi connectivity index (χ4v) is 2.67. The van der Waals surface area contributed by atoms with Crippen molar-refractivity contribution in [1.82, 2.24) is 5.32 Å². The molecule has 0 aliphatic carbocycles. The number of hydrogen-bond acceptors (Lipinski definition) is 2. The molecule has 0 fully saturated rings. The number of benzene rings is 2. The van der Waals surface area contributed by atoms with Gasteiger partial charge in [0.1, 0.15) is 5.75 Å². The lowest BCUT2D eigenvalue weighted by molar-refractivity contribution is -0.129. The Hall–Kier alpha value is -2.29. The van der Waals surface area contributed by atoms with E-state index in [0.717, 1.165) is 12.2 Å². The Kier molecular flexibility index (Phi) is 6.02. The number of hydrogen-bond donors (Lipinski definition) is 1. The largest absolute Gasteiger partial charge is 0.481 e. The van der Waals surface area contributed by atoms with Crippen molar-refractivity contribution in [2.24, 2.45) is 0 Å². The van der Waals surface area contributed by atoms with Gasteiger partial charge in [-0.3, -0.25) is 4.79 Å². The van der Waals surface area contributed by atoms with Gasteiger partial charge in [0, 0.05) is 5.54 Å². The molecule has 24 heavy (non-hydrogen) atoms. The molecule has 0 spiro atoms. The highest BCUT2D eigenvalue weighted by Crippen LogP contribution is 2.17. The molecule has 0 aliphatic heterocycles. The second-order valence-electron chi connectivity index (χ2n) is 6.86. The minimum Gasteiger partial charge on any atom is -0.481 e. The Morgan fingerprint density at radius 1 is 1.08 bits per heavy atom. The van der Waals surface area contributed by atoms with E-state index in [9.17, 15) is 4.79 Å². The fraction of sp³-hybridized carbons (Fsp3) is 0.381. The van der Waals surface area contributed by atoms with Crippen LogP contribution in [0.2, 0.25) is 0 Å². The van der Waals surface area contributed by atoms with Crippen LogP contribution in [-0.4, -0.2) is 17.6 Å². The summed E-state index contributed by atoms with van der Waals surface area (Å²) in [5.41, 5.74) is 2.04. The molecular weight excluding hydrogens is 298 g/mol. The number of nitrogens with one attached hydrogen (secondary N) is 1. The monoisotopic (exact) mass is 325 g/mol. The summed E-state index contributed by atoms with van der Waals surface area (Å²) in [6, 6.07) is 18.0. The molecular formula is C21H27NO2. The first-order chi connectivity index (χ1) is 11.4. The van der Waals surface area contributed by atoms with Gasteiger partial charge in [0.05, 0.1) is 0 Å². The Labute approximate surface area is 145 Å². The zero-order valence-electron chi connectivity index (χ0n) is 15.0. The SMILES string of the molecule is CC[C@H](Oc1ccc(C)cc1)C(=O)NC(C)(C)Cc1ccccc1. The normalized spacial score (nSPS) is 12.5. The molecule has 0 saturated heterocycles. The molecule has 3 nitrogen and oxygen atoms in total. The highest BCUT2D eigenvalue weighted by Gasteiger charge is 2.26. The molecule has 0 saturated carbocycles. The third-order valence-corrected chi connectivity index (χ3v) is 3.91. The van der Waals surface area contributed by atoms with Gasteiger partial charge in [0.2, 0.25) is 0 Å². The molecule has 0 aliphatic rings. The van der Waals surface area contributed by atoms with Crippen molar-refractivity contribution in [2.75, 3.05) is 0 Å². The molecule has 1 amide bonds. The van der Waals surface area contributed by atoms with E-state index in [2.05, 4.69) is 17.4 Å². The van der Waals surface area contributed by atoms with Gasteiger partial charge < -0.3 is 10.1 Å². The smallest absolute Gasteiger partial charge is 0.261 e. The molecule has 2 rings (SSSR count). The average Bonchev–Trinajstić information content (AvgIpc) is 2.54. The van der Waals surface area contributed by atoms with Gasteiger partial charge in [-0.1, -0.05) is 55.0 Å². The van der Waals surface area contributed by atoms with Crippen LogP contribution in [0.4, 0.5) is 0 Å². The lowest BCUT2D eigenvalue weighted by Gasteiger charge is -2.29.